The highest BCUT2D eigenvalue weighted by atomic mass is 16.5. The molecule has 0 aromatic heterocycles. The smallest absolute Gasteiger partial charge is 0.307 e. The first-order valence-electron chi connectivity index (χ1n) is 10.7. The van der Waals surface area contributed by atoms with Crippen LogP contribution in [0.25, 0.3) is 0 Å². The molecular weight excluding hydrogens is 364 g/mol. The first-order valence-corrected chi connectivity index (χ1v) is 10.7. The van der Waals surface area contributed by atoms with Crippen molar-refractivity contribution in [3.63, 3.8) is 0 Å². The molecule has 0 aromatic rings. The summed E-state index contributed by atoms with van der Waals surface area (Å²) >= 11 is 0. The van der Waals surface area contributed by atoms with E-state index >= 15 is 0 Å². The van der Waals surface area contributed by atoms with E-state index in [0.29, 0.717) is 5.92 Å². The van der Waals surface area contributed by atoms with Gasteiger partial charge in [0.25, 0.3) is 0 Å². The third kappa shape index (κ3) is 8.76. The SMILES string of the molecule is COC(=O)CC(C(=O)O)C(/C=C(\C)C(C)C(C)(C)C/C=C(\C)C(C)C)C(C)(C)C. The number of carbonyl (C=O) groups excluding carboxylic acids is 1. The van der Waals surface area contributed by atoms with Gasteiger partial charge in [-0.3, -0.25) is 9.59 Å². The summed E-state index contributed by atoms with van der Waals surface area (Å²) in [7, 11) is 1.30. The van der Waals surface area contributed by atoms with Gasteiger partial charge < -0.3 is 9.84 Å². The number of carbonyl (C=O) groups is 2. The number of carboxylic acid groups (broad SMARTS) is 1. The molecule has 0 saturated carbocycles. The summed E-state index contributed by atoms with van der Waals surface area (Å²) in [6, 6.07) is 0. The highest BCUT2D eigenvalue weighted by molar-refractivity contribution is 5.79. The lowest BCUT2D eigenvalue weighted by Gasteiger charge is -2.36. The van der Waals surface area contributed by atoms with Gasteiger partial charge in [-0.2, -0.15) is 0 Å². The second-order valence-electron chi connectivity index (χ2n) is 10.5. The van der Waals surface area contributed by atoms with Crippen molar-refractivity contribution in [1.29, 1.82) is 0 Å². The Bertz CT molecular complexity index is 617. The maximum absolute atomic E-state index is 12.0. The van der Waals surface area contributed by atoms with E-state index in [1.165, 1.54) is 18.3 Å². The molecule has 168 valence electrons. The van der Waals surface area contributed by atoms with Crippen LogP contribution < -0.4 is 0 Å². The van der Waals surface area contributed by atoms with Gasteiger partial charge in [0.05, 0.1) is 19.4 Å². The van der Waals surface area contributed by atoms with Gasteiger partial charge in [-0.1, -0.05) is 78.7 Å². The molecule has 0 heterocycles. The number of methoxy groups -OCH3 is 1. The highest BCUT2D eigenvalue weighted by Crippen LogP contribution is 2.41. The second kappa shape index (κ2) is 11.0. The Labute approximate surface area is 178 Å². The number of hydrogen-bond donors (Lipinski definition) is 1. The van der Waals surface area contributed by atoms with E-state index in [0.717, 1.165) is 6.42 Å². The number of esters is 1. The number of allylic oxidation sites excluding steroid dienone is 4. The summed E-state index contributed by atoms with van der Waals surface area (Å²) in [6.07, 6.45) is 5.26. The van der Waals surface area contributed by atoms with Crippen LogP contribution >= 0.6 is 0 Å². The molecule has 0 rings (SSSR count). The molecule has 0 aromatic carbocycles. The number of aliphatic carboxylic acids is 1. The van der Waals surface area contributed by atoms with Crippen molar-refractivity contribution in [2.24, 2.45) is 34.5 Å². The van der Waals surface area contributed by atoms with Gasteiger partial charge in [-0.15, -0.1) is 0 Å². The number of rotatable bonds is 10. The van der Waals surface area contributed by atoms with E-state index in [4.69, 9.17) is 4.74 Å². The van der Waals surface area contributed by atoms with E-state index in [1.807, 2.05) is 20.8 Å². The molecule has 0 spiro atoms. The topological polar surface area (TPSA) is 63.6 Å². The lowest BCUT2D eigenvalue weighted by Crippen LogP contribution is -2.34. The molecule has 4 heteroatoms. The van der Waals surface area contributed by atoms with Crippen LogP contribution in [-0.4, -0.2) is 24.2 Å². The van der Waals surface area contributed by atoms with E-state index in [-0.39, 0.29) is 29.1 Å². The average molecular weight is 409 g/mol. The van der Waals surface area contributed by atoms with Gasteiger partial charge in [0.1, 0.15) is 0 Å². The first kappa shape index (κ1) is 27.4. The Balaban J connectivity index is 5.86. The molecule has 0 radical (unpaired) electrons. The lowest BCUT2D eigenvalue weighted by molar-refractivity contribution is -0.152. The van der Waals surface area contributed by atoms with E-state index in [9.17, 15) is 14.7 Å². The summed E-state index contributed by atoms with van der Waals surface area (Å²) in [5.41, 5.74) is 2.31. The third-order valence-corrected chi connectivity index (χ3v) is 6.52. The Kier molecular flexibility index (Phi) is 10.4. The minimum atomic E-state index is -0.957. The van der Waals surface area contributed by atoms with Crippen LogP contribution in [0.3, 0.4) is 0 Å². The predicted molar refractivity (Wildman–Crippen MR) is 121 cm³/mol. The van der Waals surface area contributed by atoms with Crippen LogP contribution in [0, 0.1) is 34.5 Å². The van der Waals surface area contributed by atoms with Crippen LogP contribution in [0.5, 0.6) is 0 Å². The van der Waals surface area contributed by atoms with Crippen molar-refractivity contribution < 1.29 is 19.4 Å². The number of ether oxygens (including phenoxy) is 1. The molecule has 0 aliphatic heterocycles. The molecule has 0 saturated heterocycles. The molecule has 3 unspecified atom stereocenters. The van der Waals surface area contributed by atoms with E-state index in [2.05, 4.69) is 60.6 Å². The van der Waals surface area contributed by atoms with E-state index in [1.54, 1.807) is 0 Å². The van der Waals surface area contributed by atoms with Crippen molar-refractivity contribution >= 4 is 11.9 Å². The fourth-order valence-corrected chi connectivity index (χ4v) is 3.48. The molecule has 0 aliphatic rings. The standard InChI is InChI=1S/C25H44O4/c1-16(2)17(3)12-13-25(9,10)19(5)18(4)14-21(24(6,7)8)20(23(27)28)15-22(26)29-11/h12,14,16,19-21H,13,15H2,1-11H3,(H,27,28)/b17-12+,18-14+. The van der Waals surface area contributed by atoms with Gasteiger partial charge in [0, 0.05) is 0 Å². The van der Waals surface area contributed by atoms with Crippen molar-refractivity contribution in [1.82, 2.24) is 0 Å². The number of hydrogen-bond acceptors (Lipinski definition) is 3. The molecule has 0 fully saturated rings. The quantitative estimate of drug-likeness (QED) is 0.330. The molecular formula is C25H44O4. The minimum Gasteiger partial charge on any atom is -0.481 e. The normalized spacial score (nSPS) is 17.1. The Morgan fingerprint density at radius 3 is 1.90 bits per heavy atom. The molecule has 3 atom stereocenters. The Morgan fingerprint density at radius 1 is 1.00 bits per heavy atom. The lowest BCUT2D eigenvalue weighted by atomic mass is 9.68. The van der Waals surface area contributed by atoms with Crippen molar-refractivity contribution in [3.05, 3.63) is 23.3 Å². The van der Waals surface area contributed by atoms with Crippen LogP contribution in [0.4, 0.5) is 0 Å². The Morgan fingerprint density at radius 2 is 1.52 bits per heavy atom. The zero-order valence-corrected chi connectivity index (χ0v) is 20.6. The third-order valence-electron chi connectivity index (χ3n) is 6.52. The molecule has 0 bridgehead atoms. The zero-order valence-electron chi connectivity index (χ0n) is 20.6. The second-order valence-corrected chi connectivity index (χ2v) is 10.5. The molecule has 0 aliphatic carbocycles. The van der Waals surface area contributed by atoms with Gasteiger partial charge in [0.2, 0.25) is 0 Å². The van der Waals surface area contributed by atoms with Crippen molar-refractivity contribution in [2.75, 3.05) is 7.11 Å². The fraction of sp³-hybridized carbons (Fsp3) is 0.760. The predicted octanol–water partition coefficient (Wildman–Crippen LogP) is 6.51. The van der Waals surface area contributed by atoms with Crippen LogP contribution in [0.2, 0.25) is 0 Å². The molecule has 4 nitrogen and oxygen atoms in total. The average Bonchev–Trinajstić information content (AvgIpc) is 2.59. The maximum Gasteiger partial charge on any atom is 0.307 e. The molecule has 1 N–H and O–H groups in total. The van der Waals surface area contributed by atoms with Crippen LogP contribution in [0.15, 0.2) is 23.3 Å². The summed E-state index contributed by atoms with van der Waals surface area (Å²) in [4.78, 5) is 23.8. The van der Waals surface area contributed by atoms with Gasteiger partial charge in [-0.05, 0) is 48.9 Å². The maximum atomic E-state index is 12.0. The Hall–Kier alpha value is -1.58. The van der Waals surface area contributed by atoms with Gasteiger partial charge in [0.15, 0.2) is 0 Å². The van der Waals surface area contributed by atoms with E-state index < -0.39 is 17.9 Å². The summed E-state index contributed by atoms with van der Waals surface area (Å²) < 4.78 is 4.74. The largest absolute Gasteiger partial charge is 0.481 e. The van der Waals surface area contributed by atoms with Crippen LogP contribution in [0.1, 0.15) is 82.1 Å². The monoisotopic (exact) mass is 408 g/mol. The fourth-order valence-electron chi connectivity index (χ4n) is 3.48. The molecule has 29 heavy (non-hydrogen) atoms. The molecule has 0 amide bonds. The van der Waals surface area contributed by atoms with Crippen molar-refractivity contribution in [2.45, 2.75) is 82.1 Å². The summed E-state index contributed by atoms with van der Waals surface area (Å²) in [5.74, 6) is -1.71. The summed E-state index contributed by atoms with van der Waals surface area (Å²) in [5, 5.41) is 9.82. The highest BCUT2D eigenvalue weighted by Gasteiger charge is 2.38. The van der Waals surface area contributed by atoms with Crippen LogP contribution in [-0.2, 0) is 14.3 Å². The van der Waals surface area contributed by atoms with Gasteiger partial charge in [-0.25, -0.2) is 0 Å². The minimum absolute atomic E-state index is 0.0419. The summed E-state index contributed by atoms with van der Waals surface area (Å²) in [6.45, 7) is 21.5. The number of carboxylic acids is 1. The van der Waals surface area contributed by atoms with Gasteiger partial charge >= 0.3 is 11.9 Å². The zero-order chi connectivity index (χ0) is 23.2. The first-order chi connectivity index (χ1) is 13.0. The van der Waals surface area contributed by atoms with Crippen molar-refractivity contribution in [3.8, 4) is 0 Å².